The molecule has 0 unspecified atom stereocenters. The van der Waals surface area contributed by atoms with Crippen molar-refractivity contribution in [2.45, 2.75) is 12.4 Å². The Bertz CT molecular complexity index is 438. The van der Waals surface area contributed by atoms with Crippen molar-refractivity contribution in [2.75, 3.05) is 34.2 Å². The largest absolute Gasteiger partial charge is 0.741 e. The molecule has 20 heavy (non-hydrogen) atoms. The van der Waals surface area contributed by atoms with Gasteiger partial charge in [-0.2, -0.15) is 13.2 Å². The van der Waals surface area contributed by atoms with Crippen molar-refractivity contribution >= 4 is 16.0 Å². The van der Waals surface area contributed by atoms with E-state index in [-0.39, 0.29) is 5.91 Å². The number of likely N-dealkylation sites (N-methyl/N-ethyl adjacent to an activating group) is 1. The minimum atomic E-state index is -6.09. The molecule has 10 heteroatoms. The van der Waals surface area contributed by atoms with Gasteiger partial charge in [-0.1, -0.05) is 6.58 Å². The monoisotopic (exact) mass is 320 g/mol. The minimum absolute atomic E-state index is 0.0524. The first-order valence-electron chi connectivity index (χ1n) is 5.34. The molecule has 0 saturated carbocycles. The number of alkyl halides is 3. The van der Waals surface area contributed by atoms with Crippen LogP contribution in [-0.2, 0) is 14.9 Å². The molecule has 6 nitrogen and oxygen atoms in total. The number of quaternary nitrogens is 1. The van der Waals surface area contributed by atoms with Crippen molar-refractivity contribution < 1.29 is 35.4 Å². The van der Waals surface area contributed by atoms with Crippen LogP contribution in [0.25, 0.3) is 0 Å². The Balaban J connectivity index is 0. The predicted molar refractivity (Wildman–Crippen MR) is 66.5 cm³/mol. The smallest absolute Gasteiger partial charge is 0.485 e. The topological polar surface area (TPSA) is 86.3 Å². The van der Waals surface area contributed by atoms with Crippen LogP contribution in [0.2, 0.25) is 0 Å². The van der Waals surface area contributed by atoms with E-state index < -0.39 is 15.6 Å². The van der Waals surface area contributed by atoms with Crippen LogP contribution in [0.1, 0.15) is 6.92 Å². The standard InChI is InChI=1S/C9H18N2O.CHF3O3S/c1-8(2)9(12)10-6-7-11(3,4)5;2-1(3,4)8(5,6)7/h1,6-7H2,2-5H3;(H,5,6,7). The Labute approximate surface area is 116 Å². The van der Waals surface area contributed by atoms with E-state index in [1.165, 1.54) is 0 Å². The van der Waals surface area contributed by atoms with Crippen molar-refractivity contribution in [3.8, 4) is 0 Å². The zero-order valence-electron chi connectivity index (χ0n) is 11.7. The predicted octanol–water partition coefficient (Wildman–Crippen LogP) is 0.436. The zero-order chi connectivity index (χ0) is 16.8. The van der Waals surface area contributed by atoms with Crippen LogP contribution in [0.15, 0.2) is 12.2 Å². The number of rotatable bonds is 4. The molecule has 0 heterocycles. The lowest BCUT2D eigenvalue weighted by Gasteiger charge is -2.23. The molecule has 0 radical (unpaired) electrons. The average molecular weight is 320 g/mol. The van der Waals surface area contributed by atoms with Crippen molar-refractivity contribution in [3.05, 3.63) is 12.2 Å². The third-order valence-corrected chi connectivity index (χ3v) is 2.31. The van der Waals surface area contributed by atoms with Gasteiger partial charge in [-0.05, 0) is 6.92 Å². The summed E-state index contributed by atoms with van der Waals surface area (Å²) in [7, 11) is 0.180. The van der Waals surface area contributed by atoms with Crippen LogP contribution < -0.4 is 5.32 Å². The Kier molecular flexibility index (Phi) is 8.04. The molecule has 0 aromatic rings. The van der Waals surface area contributed by atoms with Gasteiger partial charge < -0.3 is 14.4 Å². The van der Waals surface area contributed by atoms with E-state index >= 15 is 0 Å². The highest BCUT2D eigenvalue weighted by Crippen LogP contribution is 2.20. The van der Waals surface area contributed by atoms with Crippen molar-refractivity contribution in [1.29, 1.82) is 0 Å². The number of halogens is 3. The van der Waals surface area contributed by atoms with Gasteiger partial charge in [0.15, 0.2) is 10.1 Å². The fraction of sp³-hybridized carbons (Fsp3) is 0.700. The van der Waals surface area contributed by atoms with Gasteiger partial charge in [-0.3, -0.25) is 4.79 Å². The molecule has 0 rings (SSSR count). The lowest BCUT2D eigenvalue weighted by molar-refractivity contribution is -0.869. The van der Waals surface area contributed by atoms with E-state index in [0.29, 0.717) is 12.1 Å². The molecule has 0 atom stereocenters. The first kappa shape index (κ1) is 21.2. The quantitative estimate of drug-likeness (QED) is 0.352. The van der Waals surface area contributed by atoms with Crippen molar-refractivity contribution in [2.24, 2.45) is 0 Å². The van der Waals surface area contributed by atoms with Gasteiger partial charge >= 0.3 is 5.51 Å². The molecule has 120 valence electrons. The minimum Gasteiger partial charge on any atom is -0.741 e. The van der Waals surface area contributed by atoms with Crippen LogP contribution in [-0.4, -0.2) is 63.1 Å². The number of nitrogens with zero attached hydrogens (tertiary/aromatic N) is 1. The molecule has 0 aliphatic heterocycles. The third kappa shape index (κ3) is 11.9. The van der Waals surface area contributed by atoms with Gasteiger partial charge in [-0.25, -0.2) is 8.42 Å². The second-order valence-electron chi connectivity index (χ2n) is 4.95. The summed E-state index contributed by atoms with van der Waals surface area (Å²) in [5.41, 5.74) is -5.08. The Morgan fingerprint density at radius 3 is 1.85 bits per heavy atom. The normalized spacial score (nSPS) is 12.2. The van der Waals surface area contributed by atoms with Crippen LogP contribution in [0.3, 0.4) is 0 Å². The molecule has 0 bridgehead atoms. The summed E-state index contributed by atoms with van der Waals surface area (Å²) >= 11 is 0. The van der Waals surface area contributed by atoms with Crippen molar-refractivity contribution in [1.82, 2.24) is 5.32 Å². The second-order valence-corrected chi connectivity index (χ2v) is 6.32. The van der Waals surface area contributed by atoms with Gasteiger partial charge in [0.05, 0.1) is 34.2 Å². The lowest BCUT2D eigenvalue weighted by Crippen LogP contribution is -2.41. The number of carbonyl (C=O) groups excluding carboxylic acids is 1. The number of hydrogen-bond donors (Lipinski definition) is 1. The fourth-order valence-corrected chi connectivity index (χ4v) is 0.656. The maximum atomic E-state index is 11.0. The van der Waals surface area contributed by atoms with Crippen LogP contribution >= 0.6 is 0 Å². The molecule has 1 N–H and O–H groups in total. The molecule has 0 aromatic heterocycles. The molecule has 0 fully saturated rings. The van der Waals surface area contributed by atoms with Gasteiger partial charge in [0.1, 0.15) is 0 Å². The number of nitrogens with one attached hydrogen (secondary N) is 1. The van der Waals surface area contributed by atoms with Gasteiger partial charge in [0.2, 0.25) is 5.91 Å². The molecule has 0 aliphatic rings. The van der Waals surface area contributed by atoms with E-state index in [2.05, 4.69) is 33.0 Å². The summed E-state index contributed by atoms with van der Waals surface area (Å²) in [4.78, 5) is 11.0. The van der Waals surface area contributed by atoms with E-state index in [1.807, 2.05) is 0 Å². The summed E-state index contributed by atoms with van der Waals surface area (Å²) in [6.07, 6.45) is 0. The maximum absolute atomic E-state index is 11.0. The third-order valence-electron chi connectivity index (χ3n) is 1.74. The molecular weight excluding hydrogens is 301 g/mol. The molecule has 0 spiro atoms. The lowest BCUT2D eigenvalue weighted by atomic mass is 10.3. The van der Waals surface area contributed by atoms with Crippen LogP contribution in [0, 0.1) is 0 Å². The SMILES string of the molecule is C=C(C)C(=O)NCC[N+](C)(C)C.O=S(=O)([O-])C(F)(F)F. The molecule has 0 aromatic carbocycles. The van der Waals surface area contributed by atoms with Gasteiger partial charge in [0, 0.05) is 5.57 Å². The molecule has 1 amide bonds. The Morgan fingerprint density at radius 2 is 1.65 bits per heavy atom. The summed E-state index contributed by atoms with van der Waals surface area (Å²) in [6, 6.07) is 0. The van der Waals surface area contributed by atoms with Crippen molar-refractivity contribution in [3.63, 3.8) is 0 Å². The molecular formula is C10H19F3N2O4S. The van der Waals surface area contributed by atoms with Gasteiger partial charge in [0.25, 0.3) is 0 Å². The highest BCUT2D eigenvalue weighted by molar-refractivity contribution is 7.86. The Morgan fingerprint density at radius 1 is 1.30 bits per heavy atom. The van der Waals surface area contributed by atoms with Gasteiger partial charge in [-0.15, -0.1) is 0 Å². The number of hydrogen-bond acceptors (Lipinski definition) is 4. The molecule has 0 aliphatic carbocycles. The maximum Gasteiger partial charge on any atom is 0.485 e. The summed E-state index contributed by atoms with van der Waals surface area (Å²) in [5, 5.41) is 2.78. The van der Waals surface area contributed by atoms with E-state index in [0.717, 1.165) is 11.0 Å². The first-order chi connectivity index (χ1) is 8.58. The fourth-order valence-electron chi connectivity index (χ4n) is 0.656. The van der Waals surface area contributed by atoms with E-state index in [4.69, 9.17) is 13.0 Å². The zero-order valence-corrected chi connectivity index (χ0v) is 12.6. The van der Waals surface area contributed by atoms with Crippen LogP contribution in [0.5, 0.6) is 0 Å². The van der Waals surface area contributed by atoms with E-state index in [1.54, 1.807) is 6.92 Å². The molecule has 0 saturated heterocycles. The highest BCUT2D eigenvalue weighted by Gasteiger charge is 2.36. The van der Waals surface area contributed by atoms with E-state index in [9.17, 15) is 18.0 Å². The summed E-state index contributed by atoms with van der Waals surface area (Å²) in [5.74, 6) is -0.0524. The first-order valence-corrected chi connectivity index (χ1v) is 6.75. The summed E-state index contributed by atoms with van der Waals surface area (Å²) < 4.78 is 59.8. The second kappa shape index (κ2) is 7.60. The number of amides is 1. The average Bonchev–Trinajstić information content (AvgIpc) is 2.12. The highest BCUT2D eigenvalue weighted by atomic mass is 32.2. The van der Waals surface area contributed by atoms with Crippen LogP contribution in [0.4, 0.5) is 13.2 Å². The summed E-state index contributed by atoms with van der Waals surface area (Å²) in [6.45, 7) is 6.90. The Hall–Kier alpha value is -1.13. The number of carbonyl (C=O) groups is 1.